The van der Waals surface area contributed by atoms with E-state index < -0.39 is 0 Å². The van der Waals surface area contributed by atoms with E-state index >= 15 is 0 Å². The van der Waals surface area contributed by atoms with Crippen molar-refractivity contribution in [3.63, 3.8) is 0 Å². The van der Waals surface area contributed by atoms with E-state index in [0.717, 1.165) is 23.2 Å². The fraction of sp³-hybridized carbons (Fsp3) is 0.280. The largest absolute Gasteiger partial charge is 0.369 e. The number of halogens is 1. The number of hydrogen-bond donors (Lipinski definition) is 4. The number of nitrogens with zero attached hydrogens (tertiary/aromatic N) is 3. The van der Waals surface area contributed by atoms with E-state index in [4.69, 9.17) is 10.7 Å². The minimum Gasteiger partial charge on any atom is -0.369 e. The number of guanidine groups is 1. The van der Waals surface area contributed by atoms with E-state index in [1.54, 1.807) is 18.5 Å². The van der Waals surface area contributed by atoms with E-state index in [0.29, 0.717) is 11.8 Å². The summed E-state index contributed by atoms with van der Waals surface area (Å²) >= 11 is 0. The molecule has 2 heterocycles. The SMILES string of the molecule is NC(=O)C1C2C=CC(C2)C1N=C1NC(Nc2ccc(-c3ccc(F)cc3)cc2)=NC2N=CNC12. The van der Waals surface area contributed by atoms with Crippen LogP contribution in [0.2, 0.25) is 0 Å². The normalized spacial score (nSPS) is 31.7. The zero-order valence-corrected chi connectivity index (χ0v) is 18.2. The van der Waals surface area contributed by atoms with Crippen molar-refractivity contribution < 1.29 is 9.18 Å². The van der Waals surface area contributed by atoms with Crippen LogP contribution in [0.15, 0.2) is 75.7 Å². The van der Waals surface area contributed by atoms with Crippen molar-refractivity contribution in [3.05, 3.63) is 66.5 Å². The second kappa shape index (κ2) is 8.09. The molecule has 4 aliphatic rings. The number of amidine groups is 1. The number of rotatable bonds is 4. The molecule has 1 fully saturated rings. The van der Waals surface area contributed by atoms with Crippen LogP contribution >= 0.6 is 0 Å². The van der Waals surface area contributed by atoms with Gasteiger partial charge in [-0.3, -0.25) is 9.79 Å². The Bertz CT molecular complexity index is 1230. The van der Waals surface area contributed by atoms with Gasteiger partial charge in [-0.05, 0) is 47.7 Å². The van der Waals surface area contributed by atoms with Crippen LogP contribution in [0.4, 0.5) is 10.1 Å². The summed E-state index contributed by atoms with van der Waals surface area (Å²) in [5.74, 6) is 0.750. The number of anilines is 1. The van der Waals surface area contributed by atoms with Gasteiger partial charge in [0.15, 0.2) is 6.17 Å². The van der Waals surface area contributed by atoms with Crippen LogP contribution in [0.25, 0.3) is 11.1 Å². The summed E-state index contributed by atoms with van der Waals surface area (Å²) in [4.78, 5) is 26.2. The number of primary amides is 1. The Labute approximate surface area is 196 Å². The minimum absolute atomic E-state index is 0.162. The highest BCUT2D eigenvalue weighted by Gasteiger charge is 2.48. The number of nitrogens with two attached hydrogens (primary N) is 1. The highest BCUT2D eigenvalue weighted by atomic mass is 19.1. The first kappa shape index (κ1) is 20.6. The maximum absolute atomic E-state index is 13.2. The third-order valence-corrected chi connectivity index (χ3v) is 6.94. The highest BCUT2D eigenvalue weighted by molar-refractivity contribution is 6.10. The first-order chi connectivity index (χ1) is 16.5. The molecular weight excluding hydrogens is 433 g/mol. The summed E-state index contributed by atoms with van der Waals surface area (Å²) in [6.07, 6.45) is 6.44. The van der Waals surface area contributed by atoms with Crippen molar-refractivity contribution in [2.24, 2.45) is 38.5 Å². The van der Waals surface area contributed by atoms with Crippen LogP contribution in [0.3, 0.4) is 0 Å². The molecule has 1 saturated carbocycles. The van der Waals surface area contributed by atoms with Gasteiger partial charge in [0, 0.05) is 11.6 Å². The zero-order valence-electron chi connectivity index (χ0n) is 18.2. The molecule has 5 N–H and O–H groups in total. The molecule has 0 radical (unpaired) electrons. The van der Waals surface area contributed by atoms with Gasteiger partial charge in [0.1, 0.15) is 17.7 Å². The molecule has 2 bridgehead atoms. The van der Waals surface area contributed by atoms with Gasteiger partial charge in [0.05, 0.1) is 18.3 Å². The van der Waals surface area contributed by atoms with E-state index in [2.05, 4.69) is 38.1 Å². The number of fused-ring (bicyclic) bond motifs is 3. The van der Waals surface area contributed by atoms with Gasteiger partial charge in [-0.1, -0.05) is 36.4 Å². The summed E-state index contributed by atoms with van der Waals surface area (Å²) < 4.78 is 13.2. The van der Waals surface area contributed by atoms with Crippen molar-refractivity contribution >= 4 is 29.7 Å². The number of hydrogen-bond acceptors (Lipinski definition) is 6. The summed E-state index contributed by atoms with van der Waals surface area (Å²) in [6, 6.07) is 13.8. The Kier molecular flexibility index (Phi) is 4.90. The molecule has 9 heteroatoms. The number of amides is 1. The molecule has 6 atom stereocenters. The second-order valence-corrected chi connectivity index (χ2v) is 9.03. The molecule has 8 nitrogen and oxygen atoms in total. The molecular formula is C25H24FN7O. The Morgan fingerprint density at radius 3 is 2.50 bits per heavy atom. The predicted molar refractivity (Wildman–Crippen MR) is 130 cm³/mol. The van der Waals surface area contributed by atoms with E-state index in [1.165, 1.54) is 12.1 Å². The summed E-state index contributed by atoms with van der Waals surface area (Å²) in [5, 5.41) is 9.80. The quantitative estimate of drug-likeness (QED) is 0.527. The molecule has 6 unspecified atom stereocenters. The fourth-order valence-electron chi connectivity index (χ4n) is 5.28. The molecule has 2 aliphatic carbocycles. The van der Waals surface area contributed by atoms with Gasteiger partial charge in [0.25, 0.3) is 0 Å². The number of nitrogens with one attached hydrogen (secondary N) is 3. The molecule has 172 valence electrons. The topological polar surface area (TPSA) is 116 Å². The monoisotopic (exact) mass is 457 g/mol. The first-order valence-corrected chi connectivity index (χ1v) is 11.4. The maximum atomic E-state index is 13.2. The molecule has 2 aromatic rings. The third kappa shape index (κ3) is 3.63. The number of benzene rings is 2. The molecule has 34 heavy (non-hydrogen) atoms. The van der Waals surface area contributed by atoms with Gasteiger partial charge in [-0.15, -0.1) is 0 Å². The average molecular weight is 458 g/mol. The third-order valence-electron chi connectivity index (χ3n) is 6.94. The summed E-state index contributed by atoms with van der Waals surface area (Å²) in [5.41, 5.74) is 8.48. The minimum atomic E-state index is -0.345. The molecule has 2 aromatic carbocycles. The molecule has 2 aliphatic heterocycles. The first-order valence-electron chi connectivity index (χ1n) is 11.4. The number of aliphatic imine (C=N–C) groups is 3. The maximum Gasteiger partial charge on any atom is 0.223 e. The molecule has 1 amide bonds. The van der Waals surface area contributed by atoms with Crippen LogP contribution in [-0.4, -0.2) is 42.3 Å². The molecule has 0 spiro atoms. The Balaban J connectivity index is 1.22. The summed E-state index contributed by atoms with van der Waals surface area (Å²) in [6.45, 7) is 0. The number of allylic oxidation sites excluding steroid dienone is 1. The lowest BCUT2D eigenvalue weighted by Gasteiger charge is -2.29. The smallest absolute Gasteiger partial charge is 0.223 e. The molecule has 6 rings (SSSR count). The highest BCUT2D eigenvalue weighted by Crippen LogP contribution is 2.45. The Morgan fingerprint density at radius 1 is 1.06 bits per heavy atom. The van der Waals surface area contributed by atoms with Crippen molar-refractivity contribution in [2.45, 2.75) is 24.7 Å². The Hall–Kier alpha value is -4.01. The van der Waals surface area contributed by atoms with Crippen LogP contribution in [-0.2, 0) is 4.79 Å². The molecule has 0 aromatic heterocycles. The lowest BCUT2D eigenvalue weighted by Crippen LogP contribution is -2.55. The Morgan fingerprint density at radius 2 is 1.76 bits per heavy atom. The zero-order chi connectivity index (χ0) is 23.2. The molecule has 0 saturated heterocycles. The van der Waals surface area contributed by atoms with Crippen LogP contribution < -0.4 is 21.7 Å². The van der Waals surface area contributed by atoms with Crippen molar-refractivity contribution in [1.82, 2.24) is 10.6 Å². The van der Waals surface area contributed by atoms with E-state index in [1.807, 2.05) is 24.3 Å². The second-order valence-electron chi connectivity index (χ2n) is 9.03. The van der Waals surface area contributed by atoms with Crippen molar-refractivity contribution in [1.29, 1.82) is 0 Å². The van der Waals surface area contributed by atoms with Gasteiger partial charge in [-0.25, -0.2) is 14.4 Å². The van der Waals surface area contributed by atoms with Gasteiger partial charge in [0.2, 0.25) is 11.9 Å². The number of carbonyl (C=O) groups is 1. The van der Waals surface area contributed by atoms with Crippen molar-refractivity contribution in [2.75, 3.05) is 5.32 Å². The van der Waals surface area contributed by atoms with Gasteiger partial charge < -0.3 is 21.7 Å². The average Bonchev–Trinajstić information content (AvgIpc) is 3.56. The number of carbonyl (C=O) groups excluding carboxylic acids is 1. The fourth-order valence-corrected chi connectivity index (χ4v) is 5.28. The van der Waals surface area contributed by atoms with Gasteiger partial charge >= 0.3 is 0 Å². The van der Waals surface area contributed by atoms with E-state index in [9.17, 15) is 9.18 Å². The summed E-state index contributed by atoms with van der Waals surface area (Å²) in [7, 11) is 0. The standard InChI is InChI=1S/C25H24FN7O/c26-17-7-3-13(4-8-17)14-5-9-18(10-6-14)30-25-32-23-21(28-12-29-23)24(33-25)31-20-16-2-1-15(11-16)19(20)22(27)34/h1-10,12,15-16,19-21,23H,11H2,(H2,27,34)(H,28,29)(H2,30,31,32,33). The lowest BCUT2D eigenvalue weighted by molar-refractivity contribution is -0.122. The lowest BCUT2D eigenvalue weighted by atomic mass is 9.88. The van der Waals surface area contributed by atoms with Crippen LogP contribution in [0, 0.1) is 23.6 Å². The van der Waals surface area contributed by atoms with Crippen LogP contribution in [0.5, 0.6) is 0 Å². The van der Waals surface area contributed by atoms with E-state index in [-0.39, 0.29) is 47.7 Å². The predicted octanol–water partition coefficient (Wildman–Crippen LogP) is 2.26. The van der Waals surface area contributed by atoms with Gasteiger partial charge in [-0.2, -0.15) is 0 Å². The van der Waals surface area contributed by atoms with Crippen LogP contribution in [0.1, 0.15) is 6.42 Å². The van der Waals surface area contributed by atoms with Crippen molar-refractivity contribution in [3.8, 4) is 11.1 Å².